The Hall–Kier alpha value is -3.41. The number of phenols is 4. The van der Waals surface area contributed by atoms with Gasteiger partial charge in [0.15, 0.2) is 5.78 Å². The lowest BCUT2D eigenvalue weighted by atomic mass is 9.86. The molecule has 0 saturated heterocycles. The highest BCUT2D eigenvalue weighted by atomic mass is 16.5. The Balaban J connectivity index is 2.06. The maximum absolute atomic E-state index is 12.9. The summed E-state index contributed by atoms with van der Waals surface area (Å²) >= 11 is 0. The number of ether oxygens (including phenoxy) is 1. The molecule has 0 aromatic heterocycles. The van der Waals surface area contributed by atoms with Crippen LogP contribution in [0.3, 0.4) is 0 Å². The number of hydrogen-bond donors (Lipinski definition) is 4. The van der Waals surface area contributed by atoms with Gasteiger partial charge >= 0.3 is 0 Å². The molecular weight excluding hydrogens is 396 g/mol. The molecule has 164 valence electrons. The van der Waals surface area contributed by atoms with E-state index in [0.29, 0.717) is 24.0 Å². The largest absolute Gasteiger partial charge is 0.508 e. The van der Waals surface area contributed by atoms with Gasteiger partial charge in [-0.25, -0.2) is 0 Å². The molecular formula is C25H28O6. The van der Waals surface area contributed by atoms with Crippen LogP contribution in [-0.4, -0.2) is 26.2 Å². The molecule has 1 aliphatic rings. The van der Waals surface area contributed by atoms with Gasteiger partial charge in [0.05, 0.1) is 6.42 Å². The number of aromatic hydroxyl groups is 4. The second kappa shape index (κ2) is 8.76. The number of benzene rings is 2. The second-order valence-corrected chi connectivity index (χ2v) is 8.34. The normalized spacial score (nSPS) is 16.2. The SMILES string of the molecule is C=C(C)C(CC=C(C)C)Cc1c(O)cc(O)c2c1O[C@H](c1ccc(O)cc1O)CC2=O. The van der Waals surface area contributed by atoms with Crippen LogP contribution in [0.4, 0.5) is 0 Å². The molecule has 31 heavy (non-hydrogen) atoms. The lowest BCUT2D eigenvalue weighted by Crippen LogP contribution is -2.22. The van der Waals surface area contributed by atoms with Gasteiger partial charge < -0.3 is 25.2 Å². The molecule has 1 unspecified atom stereocenters. The van der Waals surface area contributed by atoms with Crippen molar-refractivity contribution in [2.45, 2.75) is 46.1 Å². The predicted molar refractivity (Wildman–Crippen MR) is 118 cm³/mol. The third kappa shape index (κ3) is 4.68. The summed E-state index contributed by atoms with van der Waals surface area (Å²) in [5.41, 5.74) is 2.88. The van der Waals surface area contributed by atoms with E-state index in [2.05, 4.69) is 12.7 Å². The number of phenolic OH excluding ortho intramolecular Hbond substituents is 4. The number of hydrogen-bond acceptors (Lipinski definition) is 6. The third-order valence-electron chi connectivity index (χ3n) is 5.57. The van der Waals surface area contributed by atoms with Crippen LogP contribution in [0.1, 0.15) is 61.2 Å². The summed E-state index contributed by atoms with van der Waals surface area (Å²) in [6.07, 6.45) is 2.26. The van der Waals surface area contributed by atoms with Gasteiger partial charge in [-0.2, -0.15) is 0 Å². The Bertz CT molecular complexity index is 1060. The van der Waals surface area contributed by atoms with E-state index < -0.39 is 6.10 Å². The fourth-order valence-corrected chi connectivity index (χ4v) is 3.78. The minimum absolute atomic E-state index is 0.00408. The quantitative estimate of drug-likeness (QED) is 0.468. The molecule has 1 aliphatic heterocycles. The molecule has 3 rings (SSSR count). The number of ketones is 1. The van der Waals surface area contributed by atoms with Gasteiger partial charge in [-0.1, -0.05) is 23.8 Å². The maximum Gasteiger partial charge on any atom is 0.174 e. The molecule has 0 amide bonds. The average Bonchev–Trinajstić information content (AvgIpc) is 2.66. The van der Waals surface area contributed by atoms with Crippen LogP contribution in [0.2, 0.25) is 0 Å². The smallest absolute Gasteiger partial charge is 0.174 e. The van der Waals surface area contributed by atoms with Gasteiger partial charge in [-0.15, -0.1) is 0 Å². The minimum Gasteiger partial charge on any atom is -0.508 e. The molecule has 0 bridgehead atoms. The van der Waals surface area contributed by atoms with Crippen LogP contribution in [0.15, 0.2) is 48.1 Å². The van der Waals surface area contributed by atoms with Crippen molar-refractivity contribution in [1.29, 1.82) is 0 Å². The van der Waals surface area contributed by atoms with Crippen LogP contribution in [0, 0.1) is 5.92 Å². The summed E-state index contributed by atoms with van der Waals surface area (Å²) in [4.78, 5) is 12.9. The Morgan fingerprint density at radius 1 is 1.13 bits per heavy atom. The zero-order valence-corrected chi connectivity index (χ0v) is 18.0. The number of fused-ring (bicyclic) bond motifs is 1. The molecule has 0 spiro atoms. The summed E-state index contributed by atoms with van der Waals surface area (Å²) in [5.74, 6) is -1.05. The number of carbonyl (C=O) groups excluding carboxylic acids is 1. The predicted octanol–water partition coefficient (Wildman–Crippen LogP) is 5.31. The van der Waals surface area contributed by atoms with E-state index in [1.165, 1.54) is 24.3 Å². The van der Waals surface area contributed by atoms with Crippen molar-refractivity contribution in [1.82, 2.24) is 0 Å². The highest BCUT2D eigenvalue weighted by Gasteiger charge is 2.35. The Morgan fingerprint density at radius 2 is 1.84 bits per heavy atom. The molecule has 0 aliphatic carbocycles. The second-order valence-electron chi connectivity index (χ2n) is 8.34. The molecule has 1 heterocycles. The first-order valence-electron chi connectivity index (χ1n) is 10.2. The molecule has 0 fully saturated rings. The first-order valence-corrected chi connectivity index (χ1v) is 10.2. The van der Waals surface area contributed by atoms with Gasteiger partial charge in [0, 0.05) is 23.3 Å². The molecule has 6 heteroatoms. The highest BCUT2D eigenvalue weighted by molar-refractivity contribution is 6.03. The summed E-state index contributed by atoms with van der Waals surface area (Å²) in [5, 5.41) is 40.7. The van der Waals surface area contributed by atoms with E-state index in [0.717, 1.165) is 11.1 Å². The van der Waals surface area contributed by atoms with E-state index >= 15 is 0 Å². The topological polar surface area (TPSA) is 107 Å². The van der Waals surface area contributed by atoms with Gasteiger partial charge in [-0.05, 0) is 51.7 Å². The lowest BCUT2D eigenvalue weighted by Gasteiger charge is -2.29. The van der Waals surface area contributed by atoms with Crippen LogP contribution in [0.25, 0.3) is 0 Å². The number of carbonyl (C=O) groups is 1. The molecule has 4 N–H and O–H groups in total. The van der Waals surface area contributed by atoms with E-state index in [9.17, 15) is 25.2 Å². The summed E-state index contributed by atoms with van der Waals surface area (Å²) in [6.45, 7) is 9.99. The lowest BCUT2D eigenvalue weighted by molar-refractivity contribution is 0.0839. The maximum atomic E-state index is 12.9. The number of rotatable bonds is 6. The van der Waals surface area contributed by atoms with Crippen molar-refractivity contribution in [3.63, 3.8) is 0 Å². The van der Waals surface area contributed by atoms with Gasteiger partial charge in [0.25, 0.3) is 0 Å². The zero-order chi connectivity index (χ0) is 22.9. The Kier molecular flexibility index (Phi) is 6.29. The molecule has 2 aromatic rings. The van der Waals surface area contributed by atoms with E-state index in [1.54, 1.807) is 0 Å². The van der Waals surface area contributed by atoms with Crippen molar-refractivity contribution in [2.75, 3.05) is 0 Å². The molecule has 6 nitrogen and oxygen atoms in total. The Labute approximate surface area is 181 Å². The Morgan fingerprint density at radius 3 is 2.45 bits per heavy atom. The van der Waals surface area contributed by atoms with Crippen molar-refractivity contribution in [2.24, 2.45) is 5.92 Å². The number of Topliss-reactive ketones (excluding diaryl/α,β-unsaturated/α-hetero) is 1. The first kappa shape index (κ1) is 22.3. The van der Waals surface area contributed by atoms with Crippen LogP contribution in [0.5, 0.6) is 28.7 Å². The van der Waals surface area contributed by atoms with Crippen LogP contribution in [-0.2, 0) is 6.42 Å². The first-order chi connectivity index (χ1) is 14.6. The molecule has 0 radical (unpaired) electrons. The molecule has 2 aromatic carbocycles. The van der Waals surface area contributed by atoms with Crippen LogP contribution >= 0.6 is 0 Å². The van der Waals surface area contributed by atoms with Gasteiger partial charge in [-0.3, -0.25) is 4.79 Å². The highest BCUT2D eigenvalue weighted by Crippen LogP contribution is 2.47. The fraction of sp³-hybridized carbons (Fsp3) is 0.320. The third-order valence-corrected chi connectivity index (χ3v) is 5.57. The van der Waals surface area contributed by atoms with Gasteiger partial charge in [0.1, 0.15) is 40.4 Å². The summed E-state index contributed by atoms with van der Waals surface area (Å²) < 4.78 is 6.08. The fourth-order valence-electron chi connectivity index (χ4n) is 3.78. The van der Waals surface area contributed by atoms with Crippen molar-refractivity contribution < 1.29 is 30.0 Å². The monoisotopic (exact) mass is 424 g/mol. The zero-order valence-electron chi connectivity index (χ0n) is 18.0. The average molecular weight is 424 g/mol. The van der Waals surface area contributed by atoms with E-state index in [4.69, 9.17) is 4.74 Å². The van der Waals surface area contributed by atoms with Crippen molar-refractivity contribution in [3.05, 3.63) is 64.8 Å². The van der Waals surface area contributed by atoms with E-state index in [1.807, 2.05) is 20.8 Å². The van der Waals surface area contributed by atoms with Gasteiger partial charge in [0.2, 0.25) is 0 Å². The number of allylic oxidation sites excluding steroid dienone is 3. The van der Waals surface area contributed by atoms with Crippen molar-refractivity contribution in [3.8, 4) is 28.7 Å². The minimum atomic E-state index is -0.818. The van der Waals surface area contributed by atoms with Crippen LogP contribution < -0.4 is 4.74 Å². The van der Waals surface area contributed by atoms with Crippen molar-refractivity contribution >= 4 is 5.78 Å². The molecule has 0 saturated carbocycles. The standard InChI is InChI=1S/C25H28O6/c1-13(2)5-6-15(14(3)4)9-18-20(28)11-21(29)24-22(30)12-23(31-25(18)24)17-8-7-16(26)10-19(17)27/h5,7-8,10-11,15,23,26-29H,3,6,9,12H2,1-2,4H3/t15?,23-/m0/s1. The summed E-state index contributed by atoms with van der Waals surface area (Å²) in [6, 6.07) is 5.23. The summed E-state index contributed by atoms with van der Waals surface area (Å²) in [7, 11) is 0. The molecule has 2 atom stereocenters. The van der Waals surface area contributed by atoms with E-state index in [-0.39, 0.29) is 52.4 Å².